The molecule has 0 heterocycles. The number of amides is 1. The van der Waals surface area contributed by atoms with Gasteiger partial charge in [-0.15, -0.1) is 0 Å². The summed E-state index contributed by atoms with van der Waals surface area (Å²) < 4.78 is 5.17. The molecule has 0 aromatic carbocycles. The van der Waals surface area contributed by atoms with Gasteiger partial charge in [0.25, 0.3) is 0 Å². The Kier molecular flexibility index (Phi) is 3.97. The highest BCUT2D eigenvalue weighted by molar-refractivity contribution is 5.68. The summed E-state index contributed by atoms with van der Waals surface area (Å²) in [6.07, 6.45) is 3.16. The molecule has 1 fully saturated rings. The summed E-state index contributed by atoms with van der Waals surface area (Å²) in [6, 6.07) is 0.0624. The molecule has 0 aromatic heterocycles. The molecule has 0 bridgehead atoms. The molecule has 0 unspecified atom stereocenters. The predicted octanol–water partition coefficient (Wildman–Crippen LogP) is 1.64. The van der Waals surface area contributed by atoms with Gasteiger partial charge in [-0.1, -0.05) is 12.8 Å². The number of carbonyl (C=O) groups is 1. The van der Waals surface area contributed by atoms with Crippen molar-refractivity contribution in [1.29, 1.82) is 0 Å². The molecule has 0 saturated heterocycles. The zero-order valence-electron chi connectivity index (χ0n) is 9.88. The second-order valence-electron chi connectivity index (χ2n) is 5.26. The SMILES string of the molecule is CC(C)(C)OC(=O)N[C@@H](CN)CC1CC1. The molecule has 15 heavy (non-hydrogen) atoms. The summed E-state index contributed by atoms with van der Waals surface area (Å²) in [4.78, 5) is 11.4. The highest BCUT2D eigenvalue weighted by Gasteiger charge is 2.26. The van der Waals surface area contributed by atoms with E-state index >= 15 is 0 Å². The maximum atomic E-state index is 11.4. The number of carbonyl (C=O) groups excluding carboxylic acids is 1. The van der Waals surface area contributed by atoms with E-state index in [-0.39, 0.29) is 12.1 Å². The van der Waals surface area contributed by atoms with E-state index < -0.39 is 5.60 Å². The van der Waals surface area contributed by atoms with E-state index in [0.717, 1.165) is 12.3 Å². The largest absolute Gasteiger partial charge is 0.444 e. The van der Waals surface area contributed by atoms with Crippen molar-refractivity contribution in [2.45, 2.75) is 51.7 Å². The summed E-state index contributed by atoms with van der Waals surface area (Å²) in [5.41, 5.74) is 5.15. The Hall–Kier alpha value is -0.770. The Bertz CT molecular complexity index is 219. The Morgan fingerprint density at radius 3 is 2.53 bits per heavy atom. The molecule has 0 aliphatic heterocycles. The molecule has 1 saturated carbocycles. The second kappa shape index (κ2) is 4.84. The summed E-state index contributed by atoms with van der Waals surface area (Å²) >= 11 is 0. The fourth-order valence-corrected chi connectivity index (χ4v) is 1.44. The molecule has 4 nitrogen and oxygen atoms in total. The molecule has 1 atom stereocenters. The lowest BCUT2D eigenvalue weighted by Crippen LogP contribution is -2.43. The first-order valence-corrected chi connectivity index (χ1v) is 5.60. The first-order chi connectivity index (χ1) is 6.90. The van der Waals surface area contributed by atoms with Gasteiger partial charge in [0.2, 0.25) is 0 Å². The van der Waals surface area contributed by atoms with Crippen molar-refractivity contribution in [3.05, 3.63) is 0 Å². The van der Waals surface area contributed by atoms with Crippen LogP contribution in [-0.2, 0) is 4.74 Å². The molecule has 0 radical (unpaired) electrons. The minimum Gasteiger partial charge on any atom is -0.444 e. The van der Waals surface area contributed by atoms with Crippen molar-refractivity contribution in [1.82, 2.24) is 5.32 Å². The lowest BCUT2D eigenvalue weighted by Gasteiger charge is -2.22. The molecule has 88 valence electrons. The predicted molar refractivity (Wildman–Crippen MR) is 59.6 cm³/mol. The maximum absolute atomic E-state index is 11.4. The lowest BCUT2D eigenvalue weighted by molar-refractivity contribution is 0.0502. The normalized spacial score (nSPS) is 18.4. The minimum absolute atomic E-state index is 0.0624. The summed E-state index contributed by atoms with van der Waals surface area (Å²) in [6.45, 7) is 6.04. The molecule has 4 heteroatoms. The average Bonchev–Trinajstić information content (AvgIpc) is 2.83. The number of alkyl carbamates (subject to hydrolysis) is 1. The van der Waals surface area contributed by atoms with Crippen LogP contribution in [0.3, 0.4) is 0 Å². The van der Waals surface area contributed by atoms with Crippen LogP contribution in [0.5, 0.6) is 0 Å². The third-order valence-corrected chi connectivity index (χ3v) is 2.32. The summed E-state index contributed by atoms with van der Waals surface area (Å²) in [5, 5.41) is 2.81. The quantitative estimate of drug-likeness (QED) is 0.747. The smallest absolute Gasteiger partial charge is 0.407 e. The number of nitrogens with one attached hydrogen (secondary N) is 1. The molecule has 0 aromatic rings. The highest BCUT2D eigenvalue weighted by atomic mass is 16.6. The van der Waals surface area contributed by atoms with E-state index in [4.69, 9.17) is 10.5 Å². The van der Waals surface area contributed by atoms with Gasteiger partial charge < -0.3 is 15.8 Å². The molecular formula is C11H22N2O2. The molecule has 1 amide bonds. The van der Waals surface area contributed by atoms with Gasteiger partial charge in [0.15, 0.2) is 0 Å². The Morgan fingerprint density at radius 2 is 2.13 bits per heavy atom. The molecular weight excluding hydrogens is 192 g/mol. The van der Waals surface area contributed by atoms with Crippen molar-refractivity contribution < 1.29 is 9.53 Å². The lowest BCUT2D eigenvalue weighted by atomic mass is 10.1. The zero-order chi connectivity index (χ0) is 11.5. The van der Waals surface area contributed by atoms with Gasteiger partial charge in [0, 0.05) is 12.6 Å². The van der Waals surface area contributed by atoms with Gasteiger partial charge in [-0.2, -0.15) is 0 Å². The van der Waals surface area contributed by atoms with E-state index in [1.807, 2.05) is 20.8 Å². The first-order valence-electron chi connectivity index (χ1n) is 5.60. The minimum atomic E-state index is -0.442. The highest BCUT2D eigenvalue weighted by Crippen LogP contribution is 2.33. The number of nitrogens with two attached hydrogens (primary N) is 1. The van der Waals surface area contributed by atoms with Crippen molar-refractivity contribution in [2.24, 2.45) is 11.7 Å². The van der Waals surface area contributed by atoms with Crippen molar-refractivity contribution in [3.63, 3.8) is 0 Å². The number of hydrogen-bond donors (Lipinski definition) is 2. The van der Waals surface area contributed by atoms with Crippen molar-refractivity contribution >= 4 is 6.09 Å². The van der Waals surface area contributed by atoms with Crippen LogP contribution in [0.2, 0.25) is 0 Å². The topological polar surface area (TPSA) is 64.3 Å². The average molecular weight is 214 g/mol. The molecule has 1 aliphatic rings. The van der Waals surface area contributed by atoms with Crippen LogP contribution in [0, 0.1) is 5.92 Å². The van der Waals surface area contributed by atoms with E-state index in [2.05, 4.69) is 5.32 Å². The van der Waals surface area contributed by atoms with E-state index in [1.165, 1.54) is 12.8 Å². The van der Waals surface area contributed by atoms with Crippen molar-refractivity contribution in [2.75, 3.05) is 6.54 Å². The second-order valence-corrected chi connectivity index (χ2v) is 5.26. The van der Waals surface area contributed by atoms with Crippen LogP contribution in [0.25, 0.3) is 0 Å². The molecule has 1 rings (SSSR count). The van der Waals surface area contributed by atoms with Crippen LogP contribution in [0.15, 0.2) is 0 Å². The van der Waals surface area contributed by atoms with Gasteiger partial charge in [-0.25, -0.2) is 4.79 Å². The number of rotatable bonds is 4. The monoisotopic (exact) mass is 214 g/mol. The molecule has 1 aliphatic carbocycles. The zero-order valence-corrected chi connectivity index (χ0v) is 9.88. The molecule has 3 N–H and O–H groups in total. The van der Waals surface area contributed by atoms with Crippen LogP contribution >= 0.6 is 0 Å². The Balaban J connectivity index is 2.27. The Morgan fingerprint density at radius 1 is 1.53 bits per heavy atom. The van der Waals surface area contributed by atoms with Crippen LogP contribution < -0.4 is 11.1 Å². The first kappa shape index (κ1) is 12.3. The van der Waals surface area contributed by atoms with Gasteiger partial charge in [0.1, 0.15) is 5.60 Å². The maximum Gasteiger partial charge on any atom is 0.407 e. The summed E-state index contributed by atoms with van der Waals surface area (Å²) in [5.74, 6) is 0.758. The molecule has 0 spiro atoms. The third kappa shape index (κ3) is 5.62. The number of hydrogen-bond acceptors (Lipinski definition) is 3. The fourth-order valence-electron chi connectivity index (χ4n) is 1.44. The van der Waals surface area contributed by atoms with Crippen LogP contribution in [0.4, 0.5) is 4.79 Å². The van der Waals surface area contributed by atoms with Gasteiger partial charge >= 0.3 is 6.09 Å². The van der Waals surface area contributed by atoms with Gasteiger partial charge in [0.05, 0.1) is 0 Å². The number of ether oxygens (including phenoxy) is 1. The van der Waals surface area contributed by atoms with Gasteiger partial charge in [-0.05, 0) is 33.1 Å². The van der Waals surface area contributed by atoms with Crippen LogP contribution in [0.1, 0.15) is 40.0 Å². The summed E-state index contributed by atoms with van der Waals surface area (Å²) in [7, 11) is 0. The Labute approximate surface area is 91.5 Å². The third-order valence-electron chi connectivity index (χ3n) is 2.32. The van der Waals surface area contributed by atoms with E-state index in [9.17, 15) is 4.79 Å². The fraction of sp³-hybridized carbons (Fsp3) is 0.909. The van der Waals surface area contributed by atoms with Crippen molar-refractivity contribution in [3.8, 4) is 0 Å². The van der Waals surface area contributed by atoms with E-state index in [1.54, 1.807) is 0 Å². The van der Waals surface area contributed by atoms with E-state index in [0.29, 0.717) is 6.54 Å². The van der Waals surface area contributed by atoms with Crippen LogP contribution in [-0.4, -0.2) is 24.3 Å². The van der Waals surface area contributed by atoms with Gasteiger partial charge in [-0.3, -0.25) is 0 Å². The standard InChI is InChI=1S/C11H22N2O2/c1-11(2,3)15-10(14)13-9(7-12)6-8-4-5-8/h8-9H,4-7,12H2,1-3H3,(H,13,14)/t9-/m1/s1.